The van der Waals surface area contributed by atoms with Crippen molar-refractivity contribution in [3.63, 3.8) is 0 Å². The van der Waals surface area contributed by atoms with E-state index in [9.17, 15) is 4.79 Å². The number of thiazole rings is 1. The van der Waals surface area contributed by atoms with E-state index in [1.165, 1.54) is 21.8 Å². The molecule has 0 saturated carbocycles. The summed E-state index contributed by atoms with van der Waals surface area (Å²) in [7, 11) is 0. The summed E-state index contributed by atoms with van der Waals surface area (Å²) in [4.78, 5) is 23.8. The van der Waals surface area contributed by atoms with E-state index in [4.69, 9.17) is 0 Å². The molecule has 0 aliphatic carbocycles. The Hall–Kier alpha value is -2.70. The third kappa shape index (κ3) is 3.30. The highest BCUT2D eigenvalue weighted by Crippen LogP contribution is 2.38. The maximum absolute atomic E-state index is 13.6. The summed E-state index contributed by atoms with van der Waals surface area (Å²) < 4.78 is 1.94. The van der Waals surface area contributed by atoms with Gasteiger partial charge in [-0.1, -0.05) is 12.1 Å². The quantitative estimate of drug-likeness (QED) is 0.392. The molecule has 150 valence electrons. The lowest BCUT2D eigenvalue weighted by Gasteiger charge is -2.18. The third-order valence-electron chi connectivity index (χ3n) is 5.53. The van der Waals surface area contributed by atoms with Gasteiger partial charge in [0.05, 0.1) is 11.3 Å². The second-order valence-electron chi connectivity index (χ2n) is 7.44. The highest BCUT2D eigenvalue weighted by molar-refractivity contribution is 7.98. The molecule has 0 fully saturated rings. The van der Waals surface area contributed by atoms with Crippen LogP contribution in [0.15, 0.2) is 63.9 Å². The SMILES string of the molecule is CSc1ccc(-c2cc(-c3nc(C)cs3)c(=O)n3c2-c2cnccc2CCC3)cc1. The highest BCUT2D eigenvalue weighted by Gasteiger charge is 2.23. The minimum atomic E-state index is 0.0283. The van der Waals surface area contributed by atoms with Gasteiger partial charge >= 0.3 is 0 Å². The maximum atomic E-state index is 13.6. The zero-order chi connectivity index (χ0) is 20.7. The van der Waals surface area contributed by atoms with E-state index < -0.39 is 0 Å². The smallest absolute Gasteiger partial charge is 0.261 e. The molecule has 0 saturated heterocycles. The second kappa shape index (κ2) is 7.85. The van der Waals surface area contributed by atoms with Crippen molar-refractivity contribution in [1.82, 2.24) is 14.5 Å². The van der Waals surface area contributed by atoms with Gasteiger partial charge in [-0.3, -0.25) is 9.78 Å². The minimum absolute atomic E-state index is 0.0283. The van der Waals surface area contributed by atoms with Crippen molar-refractivity contribution in [1.29, 1.82) is 0 Å². The lowest BCUT2D eigenvalue weighted by atomic mass is 9.95. The maximum Gasteiger partial charge on any atom is 0.261 e. The molecule has 0 N–H and O–H groups in total. The largest absolute Gasteiger partial charge is 0.307 e. The number of rotatable bonds is 3. The predicted octanol–water partition coefficient (Wildman–Crippen LogP) is 5.68. The number of aromatic nitrogens is 3. The Morgan fingerprint density at radius 1 is 1.10 bits per heavy atom. The lowest BCUT2D eigenvalue weighted by molar-refractivity contribution is 0.642. The Bertz CT molecular complexity index is 1290. The van der Waals surface area contributed by atoms with E-state index in [1.54, 1.807) is 11.8 Å². The van der Waals surface area contributed by atoms with Crippen LogP contribution < -0.4 is 5.56 Å². The summed E-state index contributed by atoms with van der Waals surface area (Å²) in [5.41, 5.74) is 7.07. The van der Waals surface area contributed by atoms with E-state index in [-0.39, 0.29) is 5.56 Å². The number of nitrogens with zero attached hydrogens (tertiary/aromatic N) is 3. The van der Waals surface area contributed by atoms with Gasteiger partial charge in [-0.25, -0.2) is 4.98 Å². The number of hydrogen-bond acceptors (Lipinski definition) is 5. The summed E-state index contributed by atoms with van der Waals surface area (Å²) >= 11 is 3.25. The van der Waals surface area contributed by atoms with Crippen molar-refractivity contribution in [3.05, 3.63) is 75.8 Å². The Morgan fingerprint density at radius 3 is 2.67 bits per heavy atom. The van der Waals surface area contributed by atoms with Crippen molar-refractivity contribution in [3.8, 4) is 33.0 Å². The van der Waals surface area contributed by atoms with Gasteiger partial charge in [0.15, 0.2) is 0 Å². The molecule has 1 aliphatic heterocycles. The van der Waals surface area contributed by atoms with Crippen LogP contribution in [0.3, 0.4) is 0 Å². The van der Waals surface area contributed by atoms with Gasteiger partial charge < -0.3 is 4.57 Å². The van der Waals surface area contributed by atoms with Gasteiger partial charge in [-0.15, -0.1) is 23.1 Å². The molecule has 0 unspecified atom stereocenters. The standard InChI is InChI=1S/C24H21N3OS2/c1-15-14-30-23(26-15)20-12-19(17-5-7-18(29-2)8-6-17)22-21-13-25-10-9-16(21)4-3-11-27(22)24(20)28/h5-10,12-14H,3-4,11H2,1-2H3. The first-order valence-corrected chi connectivity index (χ1v) is 12.0. The van der Waals surface area contributed by atoms with Gasteiger partial charge in [0.2, 0.25) is 0 Å². The van der Waals surface area contributed by atoms with Gasteiger partial charge in [-0.05, 0) is 61.4 Å². The van der Waals surface area contributed by atoms with Crippen LogP contribution in [-0.4, -0.2) is 20.8 Å². The number of benzene rings is 1. The molecule has 1 aromatic carbocycles. The fourth-order valence-corrected chi connectivity index (χ4v) is 5.29. The van der Waals surface area contributed by atoms with Crippen molar-refractivity contribution in [2.45, 2.75) is 31.2 Å². The molecule has 5 rings (SSSR count). The molecule has 0 amide bonds. The predicted molar refractivity (Wildman–Crippen MR) is 125 cm³/mol. The normalized spacial score (nSPS) is 12.9. The number of pyridine rings is 2. The van der Waals surface area contributed by atoms with Gasteiger partial charge in [0, 0.05) is 46.0 Å². The van der Waals surface area contributed by atoms with E-state index in [1.807, 2.05) is 35.3 Å². The highest BCUT2D eigenvalue weighted by atomic mass is 32.2. The van der Waals surface area contributed by atoms with Crippen LogP contribution in [0.2, 0.25) is 0 Å². The Balaban J connectivity index is 1.85. The fraction of sp³-hybridized carbons (Fsp3) is 0.208. The molecule has 6 heteroatoms. The van der Waals surface area contributed by atoms with Gasteiger partial charge in [-0.2, -0.15) is 0 Å². The van der Waals surface area contributed by atoms with E-state index in [2.05, 4.69) is 46.6 Å². The molecule has 0 spiro atoms. The summed E-state index contributed by atoms with van der Waals surface area (Å²) in [6.07, 6.45) is 7.68. The van der Waals surface area contributed by atoms with Crippen molar-refractivity contribution in [2.24, 2.45) is 0 Å². The van der Waals surface area contributed by atoms with E-state index in [0.29, 0.717) is 12.1 Å². The van der Waals surface area contributed by atoms with Gasteiger partial charge in [0.1, 0.15) is 5.01 Å². The molecule has 4 aromatic rings. The molecular formula is C24H21N3OS2. The average molecular weight is 432 g/mol. The summed E-state index contributed by atoms with van der Waals surface area (Å²) in [5, 5.41) is 2.78. The van der Waals surface area contributed by atoms with E-state index in [0.717, 1.165) is 45.9 Å². The van der Waals surface area contributed by atoms with Crippen LogP contribution in [-0.2, 0) is 13.0 Å². The fourth-order valence-electron chi connectivity index (χ4n) is 4.07. The number of fused-ring (bicyclic) bond motifs is 3. The first-order valence-electron chi connectivity index (χ1n) is 9.94. The topological polar surface area (TPSA) is 47.8 Å². The third-order valence-corrected chi connectivity index (χ3v) is 7.27. The second-order valence-corrected chi connectivity index (χ2v) is 9.17. The Morgan fingerprint density at radius 2 is 1.93 bits per heavy atom. The molecule has 0 atom stereocenters. The monoisotopic (exact) mass is 431 g/mol. The first-order chi connectivity index (χ1) is 14.7. The Labute approximate surface area is 183 Å². The summed E-state index contributed by atoms with van der Waals surface area (Å²) in [5.74, 6) is 0. The molecule has 4 nitrogen and oxygen atoms in total. The van der Waals surface area contributed by atoms with Crippen LogP contribution in [0.4, 0.5) is 0 Å². The molecule has 0 radical (unpaired) electrons. The molecule has 0 bridgehead atoms. The van der Waals surface area contributed by atoms with Crippen LogP contribution in [0, 0.1) is 6.92 Å². The number of aryl methyl sites for hydroxylation is 2. The molecule has 3 aromatic heterocycles. The van der Waals surface area contributed by atoms with Crippen LogP contribution in [0.1, 0.15) is 17.7 Å². The zero-order valence-electron chi connectivity index (χ0n) is 16.9. The molecule has 30 heavy (non-hydrogen) atoms. The summed E-state index contributed by atoms with van der Waals surface area (Å²) in [6.45, 7) is 2.65. The van der Waals surface area contributed by atoms with Crippen LogP contribution in [0.25, 0.3) is 33.0 Å². The van der Waals surface area contributed by atoms with Crippen molar-refractivity contribution >= 4 is 23.1 Å². The van der Waals surface area contributed by atoms with Crippen molar-refractivity contribution < 1.29 is 0 Å². The zero-order valence-corrected chi connectivity index (χ0v) is 18.5. The average Bonchev–Trinajstić information content (AvgIpc) is 3.11. The van der Waals surface area contributed by atoms with E-state index >= 15 is 0 Å². The van der Waals surface area contributed by atoms with Crippen molar-refractivity contribution in [2.75, 3.05) is 6.26 Å². The lowest BCUT2D eigenvalue weighted by Crippen LogP contribution is -2.23. The molecule has 4 heterocycles. The summed E-state index contributed by atoms with van der Waals surface area (Å²) in [6, 6.07) is 12.7. The number of hydrogen-bond donors (Lipinski definition) is 0. The van der Waals surface area contributed by atoms with Crippen LogP contribution in [0.5, 0.6) is 0 Å². The molecular weight excluding hydrogens is 410 g/mol. The minimum Gasteiger partial charge on any atom is -0.307 e. The first kappa shape index (κ1) is 19.3. The van der Waals surface area contributed by atoms with Crippen LogP contribution >= 0.6 is 23.1 Å². The molecule has 1 aliphatic rings. The van der Waals surface area contributed by atoms with Gasteiger partial charge in [0.25, 0.3) is 5.56 Å². The Kier molecular flexibility index (Phi) is 5.05. The number of thioether (sulfide) groups is 1.